The first-order valence-electron chi connectivity index (χ1n) is 10.7. The van der Waals surface area contributed by atoms with Gasteiger partial charge in [0.1, 0.15) is 0 Å². The highest BCUT2D eigenvalue weighted by Gasteiger charge is 2.30. The molecule has 2 amide bonds. The van der Waals surface area contributed by atoms with Crippen LogP contribution < -0.4 is 5.32 Å². The Balaban J connectivity index is 1.32. The molecule has 0 saturated carbocycles. The molecule has 0 bridgehead atoms. The van der Waals surface area contributed by atoms with E-state index in [9.17, 15) is 9.59 Å². The van der Waals surface area contributed by atoms with Crippen molar-refractivity contribution in [2.24, 2.45) is 0 Å². The third-order valence-corrected chi connectivity index (χ3v) is 5.79. The van der Waals surface area contributed by atoms with Crippen molar-refractivity contribution in [2.45, 2.75) is 25.7 Å². The van der Waals surface area contributed by atoms with Gasteiger partial charge in [-0.3, -0.25) is 9.59 Å². The molecule has 2 aromatic carbocycles. The number of piperidine rings is 1. The van der Waals surface area contributed by atoms with Gasteiger partial charge in [0.15, 0.2) is 0 Å². The fraction of sp³-hybridized carbons (Fsp3) is 0.250. The molecule has 1 saturated heterocycles. The molecule has 1 aliphatic rings. The molecule has 1 aliphatic heterocycles. The number of fused-ring (bicyclic) bond motifs is 1. The van der Waals surface area contributed by atoms with E-state index in [0.29, 0.717) is 36.1 Å². The summed E-state index contributed by atoms with van der Waals surface area (Å²) in [6.45, 7) is 2.72. The number of aromatic nitrogens is 3. The molecule has 8 heteroatoms. The van der Waals surface area contributed by atoms with Gasteiger partial charge in [-0.15, -0.1) is 0 Å². The van der Waals surface area contributed by atoms with Crippen LogP contribution in [-0.4, -0.2) is 44.9 Å². The third kappa shape index (κ3) is 3.87. The predicted octanol–water partition coefficient (Wildman–Crippen LogP) is 4.20. The Bertz CT molecular complexity index is 1270. The summed E-state index contributed by atoms with van der Waals surface area (Å²) in [7, 11) is 0. The van der Waals surface area contributed by atoms with Gasteiger partial charge in [-0.1, -0.05) is 11.2 Å². The van der Waals surface area contributed by atoms with E-state index in [2.05, 4.69) is 20.4 Å². The van der Waals surface area contributed by atoms with Gasteiger partial charge in [0.25, 0.3) is 5.91 Å². The first kappa shape index (κ1) is 20.0. The van der Waals surface area contributed by atoms with E-state index in [4.69, 9.17) is 4.52 Å². The lowest BCUT2D eigenvalue weighted by Gasteiger charge is -2.31. The molecule has 1 atom stereocenters. The Morgan fingerprint density at radius 3 is 2.81 bits per heavy atom. The molecule has 5 rings (SSSR count). The molecule has 0 aliphatic carbocycles. The summed E-state index contributed by atoms with van der Waals surface area (Å²) < 4.78 is 5.57. The summed E-state index contributed by atoms with van der Waals surface area (Å²) >= 11 is 0. The normalized spacial score (nSPS) is 16.3. The number of carbonyl (C=O) groups is 2. The monoisotopic (exact) mass is 429 g/mol. The number of H-pyrrole nitrogens is 1. The van der Waals surface area contributed by atoms with Crippen LogP contribution in [0.4, 0.5) is 5.69 Å². The summed E-state index contributed by atoms with van der Waals surface area (Å²) in [5, 5.41) is 7.80. The maximum absolute atomic E-state index is 13.2. The number of aromatic amines is 1. The van der Waals surface area contributed by atoms with E-state index in [-0.39, 0.29) is 17.7 Å². The molecule has 0 unspecified atom stereocenters. The van der Waals surface area contributed by atoms with Crippen LogP contribution in [-0.2, 0) is 4.79 Å². The summed E-state index contributed by atoms with van der Waals surface area (Å²) in [5.41, 5.74) is 3.17. The van der Waals surface area contributed by atoms with Gasteiger partial charge < -0.3 is 19.7 Å². The molecule has 162 valence electrons. The number of carbonyl (C=O) groups excluding carboxylic acids is 2. The fourth-order valence-corrected chi connectivity index (χ4v) is 4.23. The van der Waals surface area contributed by atoms with Gasteiger partial charge in [0.2, 0.25) is 17.6 Å². The Hall–Kier alpha value is -3.94. The van der Waals surface area contributed by atoms with E-state index in [0.717, 1.165) is 29.3 Å². The second-order valence-electron chi connectivity index (χ2n) is 8.05. The number of anilines is 1. The predicted molar refractivity (Wildman–Crippen MR) is 120 cm³/mol. The van der Waals surface area contributed by atoms with Gasteiger partial charge >= 0.3 is 0 Å². The van der Waals surface area contributed by atoms with Gasteiger partial charge in [-0.25, -0.2) is 0 Å². The molecule has 4 aromatic rings. The van der Waals surface area contributed by atoms with Crippen molar-refractivity contribution in [3.05, 3.63) is 66.2 Å². The molecule has 2 aromatic heterocycles. The second kappa shape index (κ2) is 8.30. The van der Waals surface area contributed by atoms with E-state index in [1.165, 1.54) is 6.92 Å². The van der Waals surface area contributed by atoms with Crippen LogP contribution >= 0.6 is 0 Å². The zero-order chi connectivity index (χ0) is 22.1. The maximum Gasteiger partial charge on any atom is 0.254 e. The van der Waals surface area contributed by atoms with Crippen molar-refractivity contribution in [2.75, 3.05) is 18.4 Å². The molecule has 1 fully saturated rings. The van der Waals surface area contributed by atoms with E-state index < -0.39 is 0 Å². The molecule has 0 radical (unpaired) electrons. The van der Waals surface area contributed by atoms with Crippen molar-refractivity contribution < 1.29 is 14.1 Å². The van der Waals surface area contributed by atoms with Crippen molar-refractivity contribution in [1.82, 2.24) is 20.0 Å². The minimum atomic E-state index is -0.122. The quantitative estimate of drug-likeness (QED) is 0.506. The SMILES string of the molecule is CC(=O)Nc1ccc(-c2noc([C@@H]3CCCN(C(=O)c4cccc5[nH]ccc45)C3)n2)cc1. The van der Waals surface area contributed by atoms with E-state index in [1.807, 2.05) is 47.5 Å². The maximum atomic E-state index is 13.2. The third-order valence-electron chi connectivity index (χ3n) is 5.79. The average molecular weight is 429 g/mol. The highest BCUT2D eigenvalue weighted by molar-refractivity contribution is 6.06. The number of benzene rings is 2. The van der Waals surface area contributed by atoms with Crippen LogP contribution in [0.15, 0.2) is 59.3 Å². The molecule has 32 heavy (non-hydrogen) atoms. The number of likely N-dealkylation sites (tertiary alicyclic amines) is 1. The zero-order valence-electron chi connectivity index (χ0n) is 17.7. The second-order valence-corrected chi connectivity index (χ2v) is 8.05. The highest BCUT2D eigenvalue weighted by atomic mass is 16.5. The number of nitrogens with one attached hydrogen (secondary N) is 2. The smallest absolute Gasteiger partial charge is 0.254 e. The number of rotatable bonds is 4. The van der Waals surface area contributed by atoms with Gasteiger partial charge in [-0.05, 0) is 55.3 Å². The van der Waals surface area contributed by atoms with Crippen LogP contribution in [0.2, 0.25) is 0 Å². The summed E-state index contributed by atoms with van der Waals surface area (Å²) in [4.78, 5) is 34.1. The Labute approximate surface area is 184 Å². The van der Waals surface area contributed by atoms with Crippen LogP contribution in [0.5, 0.6) is 0 Å². The Morgan fingerprint density at radius 2 is 2.00 bits per heavy atom. The largest absolute Gasteiger partial charge is 0.361 e. The van der Waals surface area contributed by atoms with Crippen LogP contribution in [0.3, 0.4) is 0 Å². The first-order valence-corrected chi connectivity index (χ1v) is 10.7. The van der Waals surface area contributed by atoms with Crippen molar-refractivity contribution in [1.29, 1.82) is 0 Å². The topological polar surface area (TPSA) is 104 Å². The zero-order valence-corrected chi connectivity index (χ0v) is 17.7. The number of hydrogen-bond acceptors (Lipinski definition) is 5. The molecule has 0 spiro atoms. The molecule has 2 N–H and O–H groups in total. The highest BCUT2D eigenvalue weighted by Crippen LogP contribution is 2.29. The van der Waals surface area contributed by atoms with Crippen LogP contribution in [0.25, 0.3) is 22.3 Å². The van der Waals surface area contributed by atoms with E-state index in [1.54, 1.807) is 12.1 Å². The number of hydrogen-bond donors (Lipinski definition) is 2. The van der Waals surface area contributed by atoms with Crippen molar-refractivity contribution in [3.63, 3.8) is 0 Å². The molecule has 8 nitrogen and oxygen atoms in total. The Morgan fingerprint density at radius 1 is 1.16 bits per heavy atom. The van der Waals surface area contributed by atoms with Crippen molar-refractivity contribution in [3.8, 4) is 11.4 Å². The minimum Gasteiger partial charge on any atom is -0.361 e. The first-order chi connectivity index (χ1) is 15.6. The lowest BCUT2D eigenvalue weighted by atomic mass is 9.97. The average Bonchev–Trinajstić information content (AvgIpc) is 3.49. The standard InChI is InChI=1S/C24H23N5O3/c1-15(30)26-18-9-7-16(8-10-18)22-27-23(32-28-22)17-4-3-13-29(14-17)24(31)20-5-2-6-21-19(20)11-12-25-21/h2,5-12,17,25H,3-4,13-14H2,1H3,(H,26,30)/t17-/m1/s1. The summed E-state index contributed by atoms with van der Waals surface area (Å²) in [5.74, 6) is 0.938. The summed E-state index contributed by atoms with van der Waals surface area (Å²) in [6, 6.07) is 15.0. The van der Waals surface area contributed by atoms with Crippen LogP contribution in [0.1, 0.15) is 41.9 Å². The van der Waals surface area contributed by atoms with Gasteiger partial charge in [-0.2, -0.15) is 4.98 Å². The van der Waals surface area contributed by atoms with Gasteiger partial charge in [0.05, 0.1) is 5.92 Å². The molecule has 3 heterocycles. The van der Waals surface area contributed by atoms with E-state index >= 15 is 0 Å². The van der Waals surface area contributed by atoms with Crippen LogP contribution in [0, 0.1) is 0 Å². The number of amides is 2. The van der Waals surface area contributed by atoms with Crippen molar-refractivity contribution >= 4 is 28.4 Å². The fourth-order valence-electron chi connectivity index (χ4n) is 4.23. The lowest BCUT2D eigenvalue weighted by Crippen LogP contribution is -2.39. The molecular formula is C24H23N5O3. The Kier molecular flexibility index (Phi) is 5.18. The summed E-state index contributed by atoms with van der Waals surface area (Å²) in [6.07, 6.45) is 3.62. The van der Waals surface area contributed by atoms with Gasteiger partial charge in [0, 0.05) is 53.9 Å². The molecular weight excluding hydrogens is 406 g/mol. The minimum absolute atomic E-state index is 0.00182. The lowest BCUT2D eigenvalue weighted by molar-refractivity contribution is -0.114. The number of nitrogens with zero attached hydrogens (tertiary/aromatic N) is 3.